The van der Waals surface area contributed by atoms with Gasteiger partial charge in [-0.2, -0.15) is 0 Å². The SMILES string of the molecule is CCCCCc1cc(F)c([C-](F)F)c(F)c1.[Y]. The monoisotopic (exact) mass is 322 g/mol. The number of benzene rings is 1. The molecule has 5 heteroatoms. The fraction of sp³-hybridized carbons (Fsp3) is 0.417. The number of halogens is 4. The van der Waals surface area contributed by atoms with Gasteiger partial charge >= 0.3 is 0 Å². The van der Waals surface area contributed by atoms with Gasteiger partial charge in [-0.3, -0.25) is 17.6 Å². The van der Waals surface area contributed by atoms with Crippen molar-refractivity contribution in [1.29, 1.82) is 0 Å². The van der Waals surface area contributed by atoms with Gasteiger partial charge in [-0.1, -0.05) is 43.0 Å². The van der Waals surface area contributed by atoms with Gasteiger partial charge in [0.15, 0.2) is 6.43 Å². The molecule has 0 N–H and O–H groups in total. The van der Waals surface area contributed by atoms with Crippen molar-refractivity contribution in [2.75, 3.05) is 0 Å². The Hall–Kier alpha value is -0.0861. The Morgan fingerprint density at radius 3 is 2.00 bits per heavy atom. The molecule has 1 aromatic carbocycles. The minimum absolute atomic E-state index is 0. The molecule has 0 amide bonds. The summed E-state index contributed by atoms with van der Waals surface area (Å²) < 4.78 is 50.6. The predicted molar refractivity (Wildman–Crippen MR) is 54.1 cm³/mol. The number of aryl methyl sites for hydroxylation is 1. The largest absolute Gasteiger partial charge is 0.283 e. The summed E-state index contributed by atoms with van der Waals surface area (Å²) in [4.78, 5) is 0. The molecule has 0 aliphatic carbocycles. The van der Waals surface area contributed by atoms with Gasteiger partial charge in [-0.25, -0.2) is 0 Å². The summed E-state index contributed by atoms with van der Waals surface area (Å²) in [5.74, 6) is -2.38. The van der Waals surface area contributed by atoms with E-state index in [1.165, 1.54) is 0 Å². The average molecular weight is 322 g/mol. The van der Waals surface area contributed by atoms with Crippen molar-refractivity contribution >= 4 is 0 Å². The summed E-state index contributed by atoms with van der Waals surface area (Å²) in [7, 11) is 0. The fourth-order valence-electron chi connectivity index (χ4n) is 1.53. The molecule has 0 aliphatic rings. The first-order valence-electron chi connectivity index (χ1n) is 5.22. The quantitative estimate of drug-likeness (QED) is 0.426. The van der Waals surface area contributed by atoms with Crippen molar-refractivity contribution in [3.8, 4) is 0 Å². The number of unbranched alkanes of at least 4 members (excludes halogenated alkanes) is 2. The van der Waals surface area contributed by atoms with Crippen LogP contribution in [0.5, 0.6) is 0 Å². The first-order chi connectivity index (χ1) is 7.56. The van der Waals surface area contributed by atoms with Crippen molar-refractivity contribution in [2.45, 2.75) is 32.6 Å². The third kappa shape index (κ3) is 4.96. The van der Waals surface area contributed by atoms with Crippen LogP contribution in [-0.4, -0.2) is 0 Å². The Labute approximate surface area is 124 Å². The van der Waals surface area contributed by atoms with Gasteiger partial charge in [0.05, 0.1) is 0 Å². The number of hydrogen-bond acceptors (Lipinski definition) is 0. The van der Waals surface area contributed by atoms with Crippen LogP contribution in [0, 0.1) is 18.1 Å². The molecule has 0 bridgehead atoms. The van der Waals surface area contributed by atoms with E-state index in [0.29, 0.717) is 12.0 Å². The third-order valence-corrected chi connectivity index (χ3v) is 2.36. The molecule has 1 rings (SSSR count). The molecule has 0 heterocycles. The van der Waals surface area contributed by atoms with Gasteiger partial charge in [0, 0.05) is 44.3 Å². The Bertz CT molecular complexity index is 329. The maximum atomic E-state index is 13.1. The van der Waals surface area contributed by atoms with Crippen molar-refractivity contribution in [2.24, 2.45) is 0 Å². The molecule has 0 atom stereocenters. The molecule has 0 saturated heterocycles. The third-order valence-electron chi connectivity index (χ3n) is 2.36. The van der Waals surface area contributed by atoms with Crippen LogP contribution >= 0.6 is 0 Å². The second-order valence-corrected chi connectivity index (χ2v) is 3.65. The summed E-state index contributed by atoms with van der Waals surface area (Å²) in [5, 5.41) is 0. The van der Waals surface area contributed by atoms with Crippen LogP contribution in [0.15, 0.2) is 12.1 Å². The van der Waals surface area contributed by atoms with Gasteiger partial charge < -0.3 is 0 Å². The second kappa shape index (κ2) is 8.09. The first kappa shape index (κ1) is 16.9. The summed E-state index contributed by atoms with van der Waals surface area (Å²) in [6.45, 7) is 2.01. The Balaban J connectivity index is 0.00000256. The zero-order chi connectivity index (χ0) is 12.1. The molecule has 0 fully saturated rings. The number of hydrogen-bond donors (Lipinski definition) is 0. The molecule has 1 radical (unpaired) electrons. The van der Waals surface area contributed by atoms with Crippen molar-refractivity contribution in [3.63, 3.8) is 0 Å². The van der Waals surface area contributed by atoms with Gasteiger partial charge in [0.2, 0.25) is 0 Å². The molecule has 0 nitrogen and oxygen atoms in total. The summed E-state index contributed by atoms with van der Waals surface area (Å²) in [6, 6.07) is 1.96. The van der Waals surface area contributed by atoms with Crippen LogP contribution in [0.1, 0.15) is 37.3 Å². The molecule has 1 aromatic rings. The van der Waals surface area contributed by atoms with Crippen molar-refractivity contribution in [1.82, 2.24) is 0 Å². The van der Waals surface area contributed by atoms with Gasteiger partial charge in [0.25, 0.3) is 0 Å². The molecular weight excluding hydrogens is 309 g/mol. The molecular formula is C12H13F4Y-. The summed E-state index contributed by atoms with van der Waals surface area (Å²) in [5.41, 5.74) is -0.785. The van der Waals surface area contributed by atoms with Gasteiger partial charge in [-0.05, 0) is 12.8 Å². The summed E-state index contributed by atoms with van der Waals surface area (Å²) >= 11 is 0. The first-order valence-corrected chi connectivity index (χ1v) is 5.22. The molecule has 0 spiro atoms. The molecule has 0 saturated carbocycles. The van der Waals surface area contributed by atoms with E-state index in [1.54, 1.807) is 0 Å². The van der Waals surface area contributed by atoms with Crippen molar-refractivity contribution < 1.29 is 50.3 Å². The minimum atomic E-state index is -2.32. The predicted octanol–water partition coefficient (Wildman–Crippen LogP) is 4.47. The maximum absolute atomic E-state index is 13.1. The molecule has 0 aliphatic heterocycles. The minimum Gasteiger partial charge on any atom is -0.283 e. The zero-order valence-electron chi connectivity index (χ0n) is 9.57. The van der Waals surface area contributed by atoms with E-state index in [0.717, 1.165) is 31.4 Å². The molecule has 0 unspecified atom stereocenters. The van der Waals surface area contributed by atoms with E-state index >= 15 is 0 Å². The Morgan fingerprint density at radius 2 is 1.59 bits per heavy atom. The average Bonchev–Trinajstić information content (AvgIpc) is 2.16. The normalized spacial score (nSPS) is 9.94. The van der Waals surface area contributed by atoms with Crippen LogP contribution in [0.2, 0.25) is 0 Å². The Kier molecular flexibility index (Phi) is 8.05. The van der Waals surface area contributed by atoms with Crippen LogP contribution in [-0.2, 0) is 39.1 Å². The second-order valence-electron chi connectivity index (χ2n) is 3.65. The Morgan fingerprint density at radius 1 is 1.06 bits per heavy atom. The maximum Gasteiger partial charge on any atom is 0.164 e. The van der Waals surface area contributed by atoms with Crippen LogP contribution in [0.25, 0.3) is 0 Å². The van der Waals surface area contributed by atoms with E-state index < -0.39 is 23.6 Å². The fourth-order valence-corrected chi connectivity index (χ4v) is 1.53. The van der Waals surface area contributed by atoms with Crippen molar-refractivity contribution in [3.05, 3.63) is 41.3 Å². The standard InChI is InChI=1S/C12H13F4.Y/c1-2-3-4-5-8-6-9(13)11(12(15)16)10(14)7-8;/h6-7H,2-5H2,1H3;/q-1;. The number of rotatable bonds is 5. The van der Waals surface area contributed by atoms with E-state index in [2.05, 4.69) is 0 Å². The van der Waals surface area contributed by atoms with E-state index in [1.807, 2.05) is 6.92 Å². The van der Waals surface area contributed by atoms with Gasteiger partial charge in [0.1, 0.15) is 0 Å². The van der Waals surface area contributed by atoms with E-state index in [-0.39, 0.29) is 32.7 Å². The topological polar surface area (TPSA) is 0 Å². The molecule has 93 valence electrons. The van der Waals surface area contributed by atoms with Crippen LogP contribution < -0.4 is 0 Å². The van der Waals surface area contributed by atoms with Crippen LogP contribution in [0.3, 0.4) is 0 Å². The zero-order valence-corrected chi connectivity index (χ0v) is 12.4. The molecule has 0 aromatic heterocycles. The smallest absolute Gasteiger partial charge is 0.164 e. The van der Waals surface area contributed by atoms with Gasteiger partial charge in [-0.15, -0.1) is 0 Å². The van der Waals surface area contributed by atoms with Crippen LogP contribution in [0.4, 0.5) is 17.6 Å². The van der Waals surface area contributed by atoms with E-state index in [4.69, 9.17) is 0 Å². The summed E-state index contributed by atoms with van der Waals surface area (Å²) in [6.07, 6.45) is 0.937. The molecule has 17 heavy (non-hydrogen) atoms. The van der Waals surface area contributed by atoms with E-state index in [9.17, 15) is 17.6 Å².